The lowest BCUT2D eigenvalue weighted by Crippen LogP contribution is -2.60. The van der Waals surface area contributed by atoms with Crippen molar-refractivity contribution in [2.45, 2.75) is 165 Å². The van der Waals surface area contributed by atoms with Gasteiger partial charge in [0, 0.05) is 103 Å². The van der Waals surface area contributed by atoms with E-state index >= 15 is 14.4 Å². The maximum atomic E-state index is 15.2. The van der Waals surface area contributed by atoms with Crippen LogP contribution in [0.25, 0.3) is 32.7 Å². The molecule has 3 aromatic heterocycles. The number of guanidine groups is 3. The minimum absolute atomic E-state index is 0.0358. The van der Waals surface area contributed by atoms with Gasteiger partial charge in [-0.15, -0.1) is 0 Å². The van der Waals surface area contributed by atoms with Gasteiger partial charge in [-0.05, 0) is 99.1 Å². The number of nitrogens with one attached hydrogen (secondary N) is 10. The summed E-state index contributed by atoms with van der Waals surface area (Å²) in [6.45, 7) is 2.79. The van der Waals surface area contributed by atoms with Crippen LogP contribution < -0.4 is 83.1 Å². The summed E-state index contributed by atoms with van der Waals surface area (Å²) >= 11 is 0. The highest BCUT2D eigenvalue weighted by molar-refractivity contribution is 5.99. The smallest absolute Gasteiger partial charge is 0.243 e. The van der Waals surface area contributed by atoms with Crippen LogP contribution in [0.15, 0.2) is 106 Å². The number of H-pyrrole nitrogens is 3. The Morgan fingerprint density at radius 2 is 0.755 bits per heavy atom. The first-order chi connectivity index (χ1) is 45.2. The number of amides is 8. The van der Waals surface area contributed by atoms with E-state index in [1.54, 1.807) is 18.6 Å². The van der Waals surface area contributed by atoms with E-state index in [0.29, 0.717) is 48.9 Å². The number of para-hydroxylation sites is 3. The Balaban J connectivity index is 1.28. The molecule has 0 aliphatic rings. The van der Waals surface area contributed by atoms with Gasteiger partial charge in [0.1, 0.15) is 36.3 Å². The van der Waals surface area contributed by atoms with Crippen molar-refractivity contribution >= 4 is 97.8 Å². The van der Waals surface area contributed by atoms with Crippen molar-refractivity contribution in [3.05, 3.63) is 108 Å². The van der Waals surface area contributed by atoms with E-state index < -0.39 is 83.6 Å². The molecular formula is C65H95N21O8. The third-order valence-electron chi connectivity index (χ3n) is 16.1. The first-order valence-corrected chi connectivity index (χ1v) is 32.2. The van der Waals surface area contributed by atoms with E-state index in [0.717, 1.165) is 64.8 Å². The summed E-state index contributed by atoms with van der Waals surface area (Å²) in [6, 6.07) is 12.9. The zero-order valence-corrected chi connectivity index (χ0v) is 53.5. The molecule has 29 heteroatoms. The van der Waals surface area contributed by atoms with Crippen molar-refractivity contribution in [1.82, 2.24) is 52.2 Å². The van der Waals surface area contributed by atoms with E-state index in [-0.39, 0.29) is 101 Å². The fourth-order valence-corrected chi connectivity index (χ4v) is 11.0. The Labute approximate surface area is 546 Å². The highest BCUT2D eigenvalue weighted by atomic mass is 16.2. The number of unbranched alkanes of at least 4 members (excludes halogenated alkanes) is 5. The van der Waals surface area contributed by atoms with Gasteiger partial charge in [0.15, 0.2) is 17.9 Å². The number of aromatic amines is 3. The fourth-order valence-electron chi connectivity index (χ4n) is 11.0. The van der Waals surface area contributed by atoms with Gasteiger partial charge < -0.3 is 98.0 Å². The number of carbonyl (C=O) groups is 8. The topological polar surface area (TPSA) is 513 Å². The molecule has 0 fully saturated rings. The van der Waals surface area contributed by atoms with Gasteiger partial charge in [0.05, 0.1) is 6.04 Å². The second kappa shape index (κ2) is 38.0. The van der Waals surface area contributed by atoms with Crippen LogP contribution in [0.2, 0.25) is 0 Å². The summed E-state index contributed by atoms with van der Waals surface area (Å²) in [4.78, 5) is 136. The first kappa shape index (κ1) is 72.9. The molecule has 3 aromatic carbocycles. The number of primary amides is 1. The largest absolute Gasteiger partial charge is 0.370 e. The average Bonchev–Trinajstić information content (AvgIpc) is 1.67. The predicted octanol–water partition coefficient (Wildman–Crippen LogP) is 0.688. The van der Waals surface area contributed by atoms with Crippen LogP contribution in [0.3, 0.4) is 0 Å². The van der Waals surface area contributed by atoms with Gasteiger partial charge in [-0.25, -0.2) is 0 Å². The predicted molar refractivity (Wildman–Crippen MR) is 365 cm³/mol. The zero-order valence-electron chi connectivity index (χ0n) is 53.5. The Morgan fingerprint density at radius 1 is 0.404 bits per heavy atom. The van der Waals surface area contributed by atoms with E-state index in [9.17, 15) is 24.0 Å². The molecule has 6 rings (SSSR count). The maximum Gasteiger partial charge on any atom is 0.243 e. The van der Waals surface area contributed by atoms with E-state index in [1.807, 2.05) is 72.8 Å². The molecule has 7 atom stereocenters. The van der Waals surface area contributed by atoms with Crippen LogP contribution in [-0.2, 0) is 57.6 Å². The molecule has 508 valence electrons. The van der Waals surface area contributed by atoms with Crippen LogP contribution in [0, 0.1) is 0 Å². The molecule has 0 bridgehead atoms. The third kappa shape index (κ3) is 23.8. The SMILES string of the molecule is CCCCCCCC(=O)NCCCC[C@H](NC(=O)[C@@H](Cc1c[nH]c2ccccc12)NC(=O)[C@@H](CCCN=C(N)N)NC(=O)[C@H](Cc1c[nH]c2ccccc12)NC(=O)[C@H](CCCN=C(N)N)NC(=O)[C@H](Cc1c[nH]c2ccccc12)NC(=O)[C@H](N)CCCN=C(N)N)C(N)=O. The van der Waals surface area contributed by atoms with E-state index in [2.05, 4.69) is 74.1 Å². The number of hydrogen-bond donors (Lipinski definition) is 18. The molecule has 3 heterocycles. The third-order valence-corrected chi connectivity index (χ3v) is 16.1. The van der Waals surface area contributed by atoms with Crippen molar-refractivity contribution in [1.29, 1.82) is 0 Å². The number of benzene rings is 3. The van der Waals surface area contributed by atoms with E-state index in [1.165, 1.54) is 0 Å². The molecule has 6 aromatic rings. The van der Waals surface area contributed by atoms with Crippen LogP contribution in [-0.4, -0.2) is 149 Å². The Kier molecular flexibility index (Phi) is 29.4. The van der Waals surface area contributed by atoms with Gasteiger partial charge in [-0.1, -0.05) is 87.2 Å². The molecule has 0 spiro atoms. The van der Waals surface area contributed by atoms with Gasteiger partial charge in [0.2, 0.25) is 47.3 Å². The van der Waals surface area contributed by atoms with Crippen LogP contribution in [0.1, 0.15) is 120 Å². The number of aliphatic imine (C=N–C) groups is 3. The quantitative estimate of drug-likeness (QED) is 0.0142. The van der Waals surface area contributed by atoms with Crippen molar-refractivity contribution in [2.24, 2.45) is 60.8 Å². The molecule has 0 saturated carbocycles. The number of fused-ring (bicyclic) bond motifs is 3. The fraction of sp³-hybridized carbons (Fsp3) is 0.462. The lowest BCUT2D eigenvalue weighted by atomic mass is 10.0. The van der Waals surface area contributed by atoms with Crippen LogP contribution >= 0.6 is 0 Å². The lowest BCUT2D eigenvalue weighted by Gasteiger charge is -2.28. The maximum absolute atomic E-state index is 15.2. The summed E-state index contributed by atoms with van der Waals surface area (Å²) in [6.07, 6.45) is 12.1. The molecule has 0 saturated heterocycles. The second-order valence-electron chi connectivity index (χ2n) is 23.4. The number of aromatic nitrogens is 3. The minimum Gasteiger partial charge on any atom is -0.370 e. The van der Waals surface area contributed by atoms with Gasteiger partial charge in [-0.3, -0.25) is 53.3 Å². The van der Waals surface area contributed by atoms with Crippen molar-refractivity contribution in [3.63, 3.8) is 0 Å². The Hall–Kier alpha value is -10.2. The Bertz CT molecular complexity index is 3560. The number of nitrogens with zero attached hydrogens (tertiary/aromatic N) is 3. The van der Waals surface area contributed by atoms with Gasteiger partial charge in [-0.2, -0.15) is 0 Å². The van der Waals surface area contributed by atoms with Crippen LogP contribution in [0.5, 0.6) is 0 Å². The van der Waals surface area contributed by atoms with Crippen molar-refractivity contribution in [3.8, 4) is 0 Å². The van der Waals surface area contributed by atoms with Gasteiger partial charge in [0.25, 0.3) is 0 Å². The molecule has 0 aliphatic heterocycles. The summed E-state index contributed by atoms with van der Waals surface area (Å²) in [5.41, 5.74) is 50.1. The first-order valence-electron chi connectivity index (χ1n) is 32.2. The molecule has 0 aliphatic carbocycles. The Morgan fingerprint density at radius 3 is 1.16 bits per heavy atom. The summed E-state index contributed by atoms with van der Waals surface area (Å²) < 4.78 is 0. The summed E-state index contributed by atoms with van der Waals surface area (Å²) in [5.74, 6) is -6.03. The molecule has 0 unspecified atom stereocenters. The molecule has 29 nitrogen and oxygen atoms in total. The van der Waals surface area contributed by atoms with Gasteiger partial charge >= 0.3 is 0 Å². The lowest BCUT2D eigenvalue weighted by molar-refractivity contribution is -0.135. The molecule has 8 amide bonds. The highest BCUT2D eigenvalue weighted by Crippen LogP contribution is 2.23. The second-order valence-corrected chi connectivity index (χ2v) is 23.4. The minimum atomic E-state index is -1.46. The van der Waals surface area contributed by atoms with Crippen molar-refractivity contribution < 1.29 is 38.4 Å². The summed E-state index contributed by atoms with van der Waals surface area (Å²) in [5, 5.41) is 22.1. The molecule has 94 heavy (non-hydrogen) atoms. The average molecular weight is 1300 g/mol. The normalized spacial score (nSPS) is 13.4. The standard InChI is InChI=1S/C65H95N21O8/c1-2-3-4-5-6-28-55(87)74-29-14-13-25-49(56(67)88)81-60(92)53(34-40-37-79-47-23-11-8-19-43(40)47)85-58(90)51(27-17-32-77-65(72)73)83-62(94)54(35-41-38-80-48-24-12-9-20-44(41)48)86-59(91)50(26-16-31-76-64(70)71)82-61(93)52(33-39-36-78-46-22-10-7-18-42(39)46)84-57(89)45(66)21-15-30-75-63(68)69/h7-12,18-20,22-24,36-38,45,49-54,78-80H,2-6,13-17,21,25-35,66H2,1H3,(H2,67,88)(H,74,87)(H,81,92)(H,82,93)(H,83,94)(H,84,89)(H,85,90)(H,86,91)(H4,68,69,75)(H4,70,71,76)(H4,72,73,77)/t45-,49+,50+,51-,52+,53-,54+/m1/s1. The van der Waals surface area contributed by atoms with Crippen LogP contribution in [0.4, 0.5) is 0 Å². The summed E-state index contributed by atoms with van der Waals surface area (Å²) in [7, 11) is 0. The number of rotatable bonds is 42. The monoisotopic (exact) mass is 1300 g/mol. The number of nitrogens with two attached hydrogens (primary N) is 8. The molecular weight excluding hydrogens is 1200 g/mol. The molecule has 26 N–H and O–H groups in total. The van der Waals surface area contributed by atoms with E-state index in [4.69, 9.17) is 45.9 Å². The van der Waals surface area contributed by atoms with Crippen molar-refractivity contribution in [2.75, 3.05) is 26.2 Å². The number of hydrogen-bond acceptors (Lipinski definition) is 12. The number of carbonyl (C=O) groups excluding carboxylic acids is 8. The zero-order chi connectivity index (χ0) is 67.9. The highest BCUT2D eigenvalue weighted by Gasteiger charge is 2.35. The molecule has 0 radical (unpaired) electrons.